The van der Waals surface area contributed by atoms with Gasteiger partial charge in [0.1, 0.15) is 11.7 Å². The first-order valence-corrected chi connectivity index (χ1v) is 5.65. The van der Waals surface area contributed by atoms with E-state index in [1.807, 2.05) is 4.90 Å². The Balaban J connectivity index is 2.22. The highest BCUT2D eigenvalue weighted by atomic mass is 19.1. The van der Waals surface area contributed by atoms with E-state index < -0.39 is 0 Å². The Labute approximate surface area is 99.7 Å². The number of hydrogen-bond donors (Lipinski definition) is 2. The second-order valence-corrected chi connectivity index (χ2v) is 4.03. The van der Waals surface area contributed by atoms with Crippen molar-refractivity contribution in [1.29, 1.82) is 5.41 Å². The third-order valence-corrected chi connectivity index (χ3v) is 2.82. The zero-order valence-corrected chi connectivity index (χ0v) is 9.58. The fraction of sp³-hybridized carbons (Fsp3) is 0.417. The summed E-state index contributed by atoms with van der Waals surface area (Å²) in [5, 5.41) is 7.26. The maximum absolute atomic E-state index is 13.9. The molecule has 0 unspecified atom stereocenters. The highest BCUT2D eigenvalue weighted by Gasteiger charge is 2.14. The van der Waals surface area contributed by atoms with Gasteiger partial charge in [-0.2, -0.15) is 0 Å². The van der Waals surface area contributed by atoms with Crippen LogP contribution in [0.3, 0.4) is 0 Å². The van der Waals surface area contributed by atoms with E-state index in [4.69, 9.17) is 15.9 Å². The summed E-state index contributed by atoms with van der Waals surface area (Å²) >= 11 is 0. The summed E-state index contributed by atoms with van der Waals surface area (Å²) in [6, 6.07) is 4.66. The molecule has 1 heterocycles. The van der Waals surface area contributed by atoms with Gasteiger partial charge in [0.25, 0.3) is 0 Å². The van der Waals surface area contributed by atoms with Crippen molar-refractivity contribution in [2.45, 2.75) is 6.42 Å². The van der Waals surface area contributed by atoms with Gasteiger partial charge in [-0.15, -0.1) is 0 Å². The van der Waals surface area contributed by atoms with Gasteiger partial charge in [0, 0.05) is 25.3 Å². The first-order chi connectivity index (χ1) is 8.18. The van der Waals surface area contributed by atoms with Gasteiger partial charge in [-0.05, 0) is 24.6 Å². The molecule has 0 amide bonds. The molecule has 5 heteroatoms. The largest absolute Gasteiger partial charge is 0.384 e. The normalized spacial score (nSPS) is 16.6. The maximum Gasteiger partial charge on any atom is 0.147 e. The van der Waals surface area contributed by atoms with Gasteiger partial charge in [0.2, 0.25) is 0 Å². The van der Waals surface area contributed by atoms with Crippen LogP contribution in [0.25, 0.3) is 0 Å². The van der Waals surface area contributed by atoms with Crippen molar-refractivity contribution in [3.05, 3.63) is 29.6 Å². The first-order valence-electron chi connectivity index (χ1n) is 5.65. The van der Waals surface area contributed by atoms with Gasteiger partial charge >= 0.3 is 0 Å². The second kappa shape index (κ2) is 5.14. The van der Waals surface area contributed by atoms with Crippen LogP contribution in [0, 0.1) is 11.2 Å². The molecule has 0 aliphatic carbocycles. The number of anilines is 1. The van der Waals surface area contributed by atoms with Crippen LogP contribution in [0.1, 0.15) is 12.0 Å². The van der Waals surface area contributed by atoms with Crippen LogP contribution in [0.4, 0.5) is 10.1 Å². The summed E-state index contributed by atoms with van der Waals surface area (Å²) in [5.74, 6) is -0.450. The number of nitrogens with zero attached hydrogens (tertiary/aromatic N) is 1. The molecular weight excluding hydrogens is 221 g/mol. The Hall–Kier alpha value is -1.62. The van der Waals surface area contributed by atoms with E-state index in [1.54, 1.807) is 12.1 Å². The Morgan fingerprint density at radius 1 is 1.35 bits per heavy atom. The Bertz CT molecular complexity index is 414. The summed E-state index contributed by atoms with van der Waals surface area (Å²) in [6.07, 6.45) is 0.897. The van der Waals surface area contributed by atoms with Gasteiger partial charge in [-0.1, -0.05) is 0 Å². The molecule has 2 rings (SSSR count). The maximum atomic E-state index is 13.9. The number of halogens is 1. The van der Waals surface area contributed by atoms with Crippen LogP contribution in [0.5, 0.6) is 0 Å². The van der Waals surface area contributed by atoms with E-state index in [0.29, 0.717) is 24.4 Å². The van der Waals surface area contributed by atoms with Gasteiger partial charge in [-0.3, -0.25) is 5.41 Å². The van der Waals surface area contributed by atoms with E-state index in [-0.39, 0.29) is 11.7 Å². The predicted octanol–water partition coefficient (Wildman–Crippen LogP) is 1.34. The van der Waals surface area contributed by atoms with Crippen molar-refractivity contribution < 1.29 is 9.13 Å². The molecule has 0 spiro atoms. The SMILES string of the molecule is N=C(N)c1ccc(N2CCCOCC2)c(F)c1. The molecule has 1 fully saturated rings. The second-order valence-electron chi connectivity index (χ2n) is 4.03. The smallest absolute Gasteiger partial charge is 0.147 e. The van der Waals surface area contributed by atoms with Crippen LogP contribution >= 0.6 is 0 Å². The van der Waals surface area contributed by atoms with Crippen molar-refractivity contribution >= 4 is 11.5 Å². The number of nitrogen functional groups attached to an aromatic ring is 1. The number of benzene rings is 1. The molecule has 0 saturated carbocycles. The fourth-order valence-electron chi connectivity index (χ4n) is 1.92. The minimum Gasteiger partial charge on any atom is -0.384 e. The first kappa shape index (κ1) is 11.9. The van der Waals surface area contributed by atoms with Gasteiger partial charge in [0.05, 0.1) is 12.3 Å². The van der Waals surface area contributed by atoms with Crippen LogP contribution in [0.2, 0.25) is 0 Å². The number of amidine groups is 1. The molecular formula is C12H16FN3O. The van der Waals surface area contributed by atoms with E-state index in [2.05, 4.69) is 0 Å². The summed E-state index contributed by atoms with van der Waals surface area (Å²) < 4.78 is 19.2. The third-order valence-electron chi connectivity index (χ3n) is 2.82. The van der Waals surface area contributed by atoms with Crippen LogP contribution in [-0.2, 0) is 4.74 Å². The molecule has 92 valence electrons. The van der Waals surface area contributed by atoms with Crippen LogP contribution < -0.4 is 10.6 Å². The highest BCUT2D eigenvalue weighted by Crippen LogP contribution is 2.21. The highest BCUT2D eigenvalue weighted by molar-refractivity contribution is 5.95. The number of hydrogen-bond acceptors (Lipinski definition) is 3. The summed E-state index contributed by atoms with van der Waals surface area (Å²) in [4.78, 5) is 1.96. The Morgan fingerprint density at radius 2 is 2.18 bits per heavy atom. The number of nitrogens with one attached hydrogen (secondary N) is 1. The standard InChI is InChI=1S/C12H16FN3O/c13-10-8-9(12(14)15)2-3-11(10)16-4-1-6-17-7-5-16/h2-3,8H,1,4-7H2,(H3,14,15). The molecule has 4 nitrogen and oxygen atoms in total. The summed E-state index contributed by atoms with van der Waals surface area (Å²) in [7, 11) is 0. The average molecular weight is 237 g/mol. The molecule has 1 aliphatic rings. The molecule has 1 aliphatic heterocycles. The summed E-state index contributed by atoms with van der Waals surface area (Å²) in [6.45, 7) is 2.82. The number of rotatable bonds is 2. The van der Waals surface area contributed by atoms with E-state index in [9.17, 15) is 4.39 Å². The lowest BCUT2D eigenvalue weighted by Crippen LogP contribution is -2.27. The zero-order chi connectivity index (χ0) is 12.3. The molecule has 0 radical (unpaired) electrons. The molecule has 1 aromatic carbocycles. The third kappa shape index (κ3) is 2.74. The Morgan fingerprint density at radius 3 is 2.88 bits per heavy atom. The lowest BCUT2D eigenvalue weighted by molar-refractivity contribution is 0.152. The lowest BCUT2D eigenvalue weighted by atomic mass is 10.1. The average Bonchev–Trinajstić information content (AvgIpc) is 2.57. The van der Waals surface area contributed by atoms with Gasteiger partial charge in [-0.25, -0.2) is 4.39 Å². The monoisotopic (exact) mass is 237 g/mol. The number of nitrogens with two attached hydrogens (primary N) is 1. The van der Waals surface area contributed by atoms with Gasteiger partial charge < -0.3 is 15.4 Å². The molecule has 3 N–H and O–H groups in total. The minimum atomic E-state index is -0.334. The molecule has 1 aromatic rings. The molecule has 17 heavy (non-hydrogen) atoms. The molecule has 1 saturated heterocycles. The van der Waals surface area contributed by atoms with E-state index in [0.717, 1.165) is 19.6 Å². The van der Waals surface area contributed by atoms with E-state index in [1.165, 1.54) is 6.07 Å². The van der Waals surface area contributed by atoms with Crippen LogP contribution in [-0.4, -0.2) is 32.1 Å². The quantitative estimate of drug-likeness (QED) is 0.602. The minimum absolute atomic E-state index is 0.116. The van der Waals surface area contributed by atoms with E-state index >= 15 is 0 Å². The molecule has 0 atom stereocenters. The number of ether oxygens (including phenoxy) is 1. The van der Waals surface area contributed by atoms with Gasteiger partial charge in [0.15, 0.2) is 0 Å². The lowest BCUT2D eigenvalue weighted by Gasteiger charge is -2.22. The topological polar surface area (TPSA) is 62.3 Å². The van der Waals surface area contributed by atoms with Crippen molar-refractivity contribution in [3.63, 3.8) is 0 Å². The van der Waals surface area contributed by atoms with Crippen molar-refractivity contribution in [2.75, 3.05) is 31.2 Å². The predicted molar refractivity (Wildman–Crippen MR) is 65.1 cm³/mol. The van der Waals surface area contributed by atoms with Crippen molar-refractivity contribution in [2.24, 2.45) is 5.73 Å². The molecule has 0 bridgehead atoms. The van der Waals surface area contributed by atoms with Crippen molar-refractivity contribution in [1.82, 2.24) is 0 Å². The fourth-order valence-corrected chi connectivity index (χ4v) is 1.92. The molecule has 0 aromatic heterocycles. The van der Waals surface area contributed by atoms with Crippen molar-refractivity contribution in [3.8, 4) is 0 Å². The van der Waals surface area contributed by atoms with Crippen LogP contribution in [0.15, 0.2) is 18.2 Å². The summed E-state index contributed by atoms with van der Waals surface area (Å²) in [5.41, 5.74) is 6.29. The Kier molecular flexibility index (Phi) is 3.58. The zero-order valence-electron chi connectivity index (χ0n) is 9.58.